The molecular formula is C13H23NOS. The lowest BCUT2D eigenvalue weighted by Gasteiger charge is -2.31. The minimum absolute atomic E-state index is 0.270. The molecular weight excluding hydrogens is 218 g/mol. The van der Waals surface area contributed by atoms with Gasteiger partial charge in [-0.15, -0.1) is 11.3 Å². The molecule has 1 heterocycles. The molecule has 0 aliphatic rings. The maximum atomic E-state index is 9.12. The predicted molar refractivity (Wildman–Crippen MR) is 70.7 cm³/mol. The van der Waals surface area contributed by atoms with Crippen molar-refractivity contribution < 1.29 is 5.11 Å². The molecule has 1 rings (SSSR count). The molecule has 0 unspecified atom stereocenters. The summed E-state index contributed by atoms with van der Waals surface area (Å²) in [5.41, 5.74) is 0.270. The summed E-state index contributed by atoms with van der Waals surface area (Å²) in [6.07, 6.45) is 3.15. The van der Waals surface area contributed by atoms with E-state index in [-0.39, 0.29) is 5.41 Å². The smallest absolute Gasteiger partial charge is 0.0436 e. The quantitative estimate of drug-likeness (QED) is 0.733. The van der Waals surface area contributed by atoms with E-state index in [0.717, 1.165) is 32.4 Å². The summed E-state index contributed by atoms with van der Waals surface area (Å²) in [6, 6.07) is 4.24. The fraction of sp³-hybridized carbons (Fsp3) is 0.692. The van der Waals surface area contributed by atoms with Crippen molar-refractivity contribution in [3.63, 3.8) is 0 Å². The Morgan fingerprint density at radius 2 is 2.12 bits per heavy atom. The minimum Gasteiger partial charge on any atom is -0.396 e. The highest BCUT2D eigenvalue weighted by atomic mass is 32.1. The molecule has 0 fully saturated rings. The summed E-state index contributed by atoms with van der Waals surface area (Å²) < 4.78 is 0. The van der Waals surface area contributed by atoms with Gasteiger partial charge in [0.1, 0.15) is 0 Å². The second-order valence-corrected chi connectivity index (χ2v) is 5.40. The highest BCUT2D eigenvalue weighted by Crippen LogP contribution is 2.29. The van der Waals surface area contributed by atoms with Crippen LogP contribution in [0.2, 0.25) is 0 Å². The predicted octanol–water partition coefficient (Wildman–Crippen LogP) is 3.03. The van der Waals surface area contributed by atoms with Gasteiger partial charge in [0.15, 0.2) is 0 Å². The van der Waals surface area contributed by atoms with Crippen LogP contribution in [0.4, 0.5) is 0 Å². The zero-order valence-electron chi connectivity index (χ0n) is 10.3. The lowest BCUT2D eigenvalue weighted by molar-refractivity contribution is 0.163. The van der Waals surface area contributed by atoms with Crippen LogP contribution in [0.1, 0.15) is 38.0 Å². The maximum absolute atomic E-state index is 9.12. The summed E-state index contributed by atoms with van der Waals surface area (Å²) in [4.78, 5) is 1.38. The van der Waals surface area contributed by atoms with Crippen LogP contribution in [0.15, 0.2) is 17.5 Å². The molecule has 0 aromatic carbocycles. The fourth-order valence-electron chi connectivity index (χ4n) is 2.04. The van der Waals surface area contributed by atoms with Crippen molar-refractivity contribution in [2.24, 2.45) is 5.41 Å². The van der Waals surface area contributed by atoms with Crippen LogP contribution in [-0.4, -0.2) is 18.3 Å². The summed E-state index contributed by atoms with van der Waals surface area (Å²) in [5.74, 6) is 0. The second kappa shape index (κ2) is 7.05. The van der Waals surface area contributed by atoms with E-state index in [1.54, 1.807) is 11.3 Å². The molecule has 2 N–H and O–H groups in total. The molecule has 92 valence electrons. The molecule has 1 aromatic rings. The molecule has 0 radical (unpaired) electrons. The van der Waals surface area contributed by atoms with Crippen molar-refractivity contribution >= 4 is 11.3 Å². The first-order valence-corrected chi connectivity index (χ1v) is 6.98. The molecule has 0 amide bonds. The number of hydrogen-bond acceptors (Lipinski definition) is 3. The molecule has 0 aliphatic carbocycles. The van der Waals surface area contributed by atoms with Crippen LogP contribution in [0.5, 0.6) is 0 Å². The third-order valence-corrected chi connectivity index (χ3v) is 4.40. The molecule has 0 aliphatic heterocycles. The zero-order chi connectivity index (χ0) is 11.9. The largest absolute Gasteiger partial charge is 0.396 e. The van der Waals surface area contributed by atoms with Gasteiger partial charge in [0.2, 0.25) is 0 Å². The van der Waals surface area contributed by atoms with Gasteiger partial charge in [-0.05, 0) is 36.1 Å². The van der Waals surface area contributed by atoms with Crippen LogP contribution in [0.3, 0.4) is 0 Å². The standard InChI is InChI=1S/C13H23NOS/c1-3-13(4-2,7-8-15)11-14-10-12-6-5-9-16-12/h5-6,9,14-15H,3-4,7-8,10-11H2,1-2H3. The van der Waals surface area contributed by atoms with Gasteiger partial charge in [0.25, 0.3) is 0 Å². The lowest BCUT2D eigenvalue weighted by Crippen LogP contribution is -2.34. The van der Waals surface area contributed by atoms with Gasteiger partial charge >= 0.3 is 0 Å². The molecule has 0 saturated carbocycles. The third kappa shape index (κ3) is 3.89. The minimum atomic E-state index is 0.270. The first-order chi connectivity index (χ1) is 7.76. The summed E-state index contributed by atoms with van der Waals surface area (Å²) in [5, 5.41) is 14.7. The van der Waals surface area contributed by atoms with Crippen molar-refractivity contribution in [3.8, 4) is 0 Å². The van der Waals surface area contributed by atoms with Crippen LogP contribution in [-0.2, 0) is 6.54 Å². The molecule has 0 atom stereocenters. The van der Waals surface area contributed by atoms with Gasteiger partial charge < -0.3 is 10.4 Å². The molecule has 16 heavy (non-hydrogen) atoms. The number of rotatable bonds is 8. The Morgan fingerprint density at radius 1 is 1.38 bits per heavy atom. The average molecular weight is 241 g/mol. The summed E-state index contributed by atoms with van der Waals surface area (Å²) >= 11 is 1.79. The zero-order valence-corrected chi connectivity index (χ0v) is 11.1. The normalized spacial score (nSPS) is 11.9. The van der Waals surface area contributed by atoms with E-state index >= 15 is 0 Å². The Kier molecular flexibility index (Phi) is 6.03. The van der Waals surface area contributed by atoms with Crippen LogP contribution >= 0.6 is 11.3 Å². The monoisotopic (exact) mass is 241 g/mol. The van der Waals surface area contributed by atoms with Crippen molar-refractivity contribution in [1.29, 1.82) is 0 Å². The van der Waals surface area contributed by atoms with E-state index in [2.05, 4.69) is 36.7 Å². The first-order valence-electron chi connectivity index (χ1n) is 6.10. The number of nitrogens with one attached hydrogen (secondary N) is 1. The van der Waals surface area contributed by atoms with Crippen molar-refractivity contribution in [2.45, 2.75) is 39.7 Å². The average Bonchev–Trinajstić information content (AvgIpc) is 2.81. The molecule has 0 bridgehead atoms. The molecule has 3 heteroatoms. The van der Waals surface area contributed by atoms with E-state index in [1.807, 2.05) is 0 Å². The van der Waals surface area contributed by atoms with Gasteiger partial charge in [-0.1, -0.05) is 19.9 Å². The Hall–Kier alpha value is -0.380. The molecule has 0 saturated heterocycles. The van der Waals surface area contributed by atoms with E-state index in [1.165, 1.54) is 4.88 Å². The summed E-state index contributed by atoms with van der Waals surface area (Å²) in [7, 11) is 0. The SMILES string of the molecule is CCC(CC)(CCO)CNCc1cccs1. The fourth-order valence-corrected chi connectivity index (χ4v) is 2.72. The van der Waals surface area contributed by atoms with E-state index < -0.39 is 0 Å². The van der Waals surface area contributed by atoms with Crippen LogP contribution < -0.4 is 5.32 Å². The maximum Gasteiger partial charge on any atom is 0.0436 e. The highest BCUT2D eigenvalue weighted by Gasteiger charge is 2.24. The van der Waals surface area contributed by atoms with Gasteiger partial charge in [-0.25, -0.2) is 0 Å². The van der Waals surface area contributed by atoms with Crippen molar-refractivity contribution in [3.05, 3.63) is 22.4 Å². The van der Waals surface area contributed by atoms with E-state index in [9.17, 15) is 0 Å². The van der Waals surface area contributed by atoms with Crippen molar-refractivity contribution in [2.75, 3.05) is 13.2 Å². The molecule has 0 spiro atoms. The second-order valence-electron chi connectivity index (χ2n) is 4.36. The van der Waals surface area contributed by atoms with Gasteiger partial charge in [0, 0.05) is 24.6 Å². The van der Waals surface area contributed by atoms with Crippen LogP contribution in [0, 0.1) is 5.41 Å². The number of aliphatic hydroxyl groups is 1. The Bertz CT molecular complexity index is 267. The lowest BCUT2D eigenvalue weighted by atomic mass is 9.79. The van der Waals surface area contributed by atoms with Crippen molar-refractivity contribution in [1.82, 2.24) is 5.32 Å². The Labute approximate surface area is 103 Å². The van der Waals surface area contributed by atoms with Gasteiger partial charge in [0.05, 0.1) is 0 Å². The van der Waals surface area contributed by atoms with E-state index in [4.69, 9.17) is 5.11 Å². The molecule has 1 aromatic heterocycles. The molecule has 2 nitrogen and oxygen atoms in total. The number of thiophene rings is 1. The van der Waals surface area contributed by atoms with Gasteiger partial charge in [-0.2, -0.15) is 0 Å². The van der Waals surface area contributed by atoms with Gasteiger partial charge in [-0.3, -0.25) is 0 Å². The Morgan fingerprint density at radius 3 is 2.62 bits per heavy atom. The number of hydrogen-bond donors (Lipinski definition) is 2. The first kappa shape index (κ1) is 13.7. The highest BCUT2D eigenvalue weighted by molar-refractivity contribution is 7.09. The number of aliphatic hydroxyl groups excluding tert-OH is 1. The Balaban J connectivity index is 2.37. The van der Waals surface area contributed by atoms with Crippen LogP contribution in [0.25, 0.3) is 0 Å². The topological polar surface area (TPSA) is 32.3 Å². The van der Waals surface area contributed by atoms with E-state index in [0.29, 0.717) is 6.61 Å². The summed E-state index contributed by atoms with van der Waals surface area (Å²) in [6.45, 7) is 6.67. The third-order valence-electron chi connectivity index (χ3n) is 3.52.